The van der Waals surface area contributed by atoms with Gasteiger partial charge in [-0.2, -0.15) is 0 Å². The van der Waals surface area contributed by atoms with E-state index in [1.807, 2.05) is 0 Å². The highest BCUT2D eigenvalue weighted by molar-refractivity contribution is 5.85. The van der Waals surface area contributed by atoms with Crippen molar-refractivity contribution < 1.29 is 22.8 Å². The summed E-state index contributed by atoms with van der Waals surface area (Å²) in [4.78, 5) is 29.4. The summed E-state index contributed by atoms with van der Waals surface area (Å²) in [6.45, 7) is 1.88. The monoisotopic (exact) mass is 406 g/mol. The van der Waals surface area contributed by atoms with Crippen molar-refractivity contribution >= 4 is 24.3 Å². The molecule has 3 rings (SSSR count). The van der Waals surface area contributed by atoms with Crippen molar-refractivity contribution in [1.82, 2.24) is 14.7 Å². The van der Waals surface area contributed by atoms with Crippen LogP contribution in [0.15, 0.2) is 12.1 Å². The first kappa shape index (κ1) is 21.3. The Morgan fingerprint density at radius 1 is 1.19 bits per heavy atom. The third kappa shape index (κ3) is 4.47. The van der Waals surface area contributed by atoms with Crippen molar-refractivity contribution in [3.05, 3.63) is 35.1 Å². The van der Waals surface area contributed by atoms with E-state index in [0.717, 1.165) is 6.07 Å². The molecular formula is C17H22ClF3N4O2. The molecule has 2 heterocycles. The highest BCUT2D eigenvalue weighted by atomic mass is 35.5. The van der Waals surface area contributed by atoms with Gasteiger partial charge in [-0.05, 0) is 18.1 Å². The number of fused-ring (bicyclic) bond motifs is 1. The van der Waals surface area contributed by atoms with Crippen LogP contribution in [0.4, 0.5) is 18.0 Å². The predicted octanol–water partition coefficient (Wildman–Crippen LogP) is 1.36. The molecule has 0 bridgehead atoms. The van der Waals surface area contributed by atoms with Crippen molar-refractivity contribution in [3.63, 3.8) is 0 Å². The zero-order valence-electron chi connectivity index (χ0n) is 14.8. The van der Waals surface area contributed by atoms with Crippen molar-refractivity contribution in [2.75, 3.05) is 33.2 Å². The molecule has 0 spiro atoms. The third-order valence-corrected chi connectivity index (χ3v) is 4.90. The molecular weight excluding hydrogens is 385 g/mol. The molecule has 0 saturated carbocycles. The summed E-state index contributed by atoms with van der Waals surface area (Å²) in [6.07, 6.45) is -0.103. The van der Waals surface area contributed by atoms with Crippen LogP contribution in [-0.2, 0) is 11.2 Å². The van der Waals surface area contributed by atoms with E-state index in [-0.39, 0.29) is 48.8 Å². The van der Waals surface area contributed by atoms with Gasteiger partial charge in [-0.25, -0.2) is 18.0 Å². The highest BCUT2D eigenvalue weighted by Gasteiger charge is 2.40. The van der Waals surface area contributed by atoms with Gasteiger partial charge in [-0.15, -0.1) is 12.4 Å². The van der Waals surface area contributed by atoms with Gasteiger partial charge in [0.2, 0.25) is 5.91 Å². The molecule has 2 atom stereocenters. The summed E-state index contributed by atoms with van der Waals surface area (Å²) in [5.41, 5.74) is 5.86. The lowest BCUT2D eigenvalue weighted by molar-refractivity contribution is -0.133. The Morgan fingerprint density at radius 3 is 2.56 bits per heavy atom. The van der Waals surface area contributed by atoms with Crippen LogP contribution in [0.3, 0.4) is 0 Å². The SMILES string of the molecule is CN1CC2CN(C(=O)C[C@H](N)Cc3cc(F)c(F)cc3F)CCN2C1=O.Cl. The molecule has 2 fully saturated rings. The van der Waals surface area contributed by atoms with E-state index in [9.17, 15) is 22.8 Å². The minimum Gasteiger partial charge on any atom is -0.339 e. The maximum absolute atomic E-state index is 13.7. The van der Waals surface area contributed by atoms with Gasteiger partial charge in [0.05, 0.1) is 6.04 Å². The molecule has 2 N–H and O–H groups in total. The van der Waals surface area contributed by atoms with Crippen LogP contribution in [0.2, 0.25) is 0 Å². The lowest BCUT2D eigenvalue weighted by atomic mass is 10.0. The standard InChI is InChI=1S/C17H21F3N4O2.ClH/c1-22-8-12-9-23(2-3-24(12)17(22)26)16(25)6-11(21)4-10-5-14(19)15(20)7-13(10)18;/h5,7,11-12H,2-4,6,8-9,21H2,1H3;1H/t11-,12?;/m1./s1. The molecule has 1 aromatic carbocycles. The van der Waals surface area contributed by atoms with Crippen LogP contribution in [0.5, 0.6) is 0 Å². The number of urea groups is 1. The number of nitrogens with zero attached hydrogens (tertiary/aromatic N) is 3. The minimum atomic E-state index is -1.26. The van der Waals surface area contributed by atoms with Crippen molar-refractivity contribution in [1.29, 1.82) is 0 Å². The summed E-state index contributed by atoms with van der Waals surface area (Å²) in [5.74, 6) is -3.48. The van der Waals surface area contributed by atoms with Crippen LogP contribution in [-0.4, -0.2) is 71.9 Å². The number of benzene rings is 1. The van der Waals surface area contributed by atoms with Gasteiger partial charge in [-0.3, -0.25) is 4.79 Å². The number of nitrogens with two attached hydrogens (primary N) is 1. The van der Waals surface area contributed by atoms with Crippen molar-refractivity contribution in [3.8, 4) is 0 Å². The average molecular weight is 407 g/mol. The lowest BCUT2D eigenvalue weighted by Gasteiger charge is -2.36. The molecule has 0 aliphatic carbocycles. The Labute approximate surface area is 161 Å². The normalized spacial score (nSPS) is 20.4. The number of piperazine rings is 1. The molecule has 1 aromatic rings. The Balaban J connectivity index is 0.00000261. The summed E-state index contributed by atoms with van der Waals surface area (Å²) in [7, 11) is 1.72. The molecule has 2 aliphatic heterocycles. The number of halogens is 4. The topological polar surface area (TPSA) is 69.9 Å². The van der Waals surface area contributed by atoms with E-state index >= 15 is 0 Å². The summed E-state index contributed by atoms with van der Waals surface area (Å²) < 4.78 is 39.9. The summed E-state index contributed by atoms with van der Waals surface area (Å²) >= 11 is 0. The van der Waals surface area contributed by atoms with Crippen LogP contribution in [0, 0.1) is 17.5 Å². The zero-order valence-corrected chi connectivity index (χ0v) is 15.6. The molecule has 6 nitrogen and oxygen atoms in total. The maximum atomic E-state index is 13.7. The van der Waals surface area contributed by atoms with Gasteiger partial charge < -0.3 is 20.4 Å². The number of rotatable bonds is 4. The van der Waals surface area contributed by atoms with Gasteiger partial charge in [0.1, 0.15) is 5.82 Å². The largest absolute Gasteiger partial charge is 0.339 e. The molecule has 1 unspecified atom stereocenters. The van der Waals surface area contributed by atoms with Gasteiger partial charge >= 0.3 is 6.03 Å². The smallest absolute Gasteiger partial charge is 0.320 e. The first-order chi connectivity index (χ1) is 12.3. The van der Waals surface area contributed by atoms with Crippen LogP contribution in [0.25, 0.3) is 0 Å². The molecule has 0 radical (unpaired) electrons. The lowest BCUT2D eigenvalue weighted by Crippen LogP contribution is -2.54. The van der Waals surface area contributed by atoms with E-state index in [1.54, 1.807) is 21.7 Å². The van der Waals surface area contributed by atoms with Gasteiger partial charge in [-0.1, -0.05) is 0 Å². The third-order valence-electron chi connectivity index (χ3n) is 4.90. The first-order valence-electron chi connectivity index (χ1n) is 8.44. The van der Waals surface area contributed by atoms with Gasteiger partial charge in [0, 0.05) is 51.8 Å². The van der Waals surface area contributed by atoms with Crippen LogP contribution < -0.4 is 5.73 Å². The second kappa shape index (κ2) is 8.35. The molecule has 0 aromatic heterocycles. The molecule has 150 valence electrons. The molecule has 2 saturated heterocycles. The van der Waals surface area contributed by atoms with E-state index < -0.39 is 23.5 Å². The molecule has 27 heavy (non-hydrogen) atoms. The highest BCUT2D eigenvalue weighted by Crippen LogP contribution is 2.20. The fourth-order valence-corrected chi connectivity index (χ4v) is 3.53. The Morgan fingerprint density at radius 2 is 1.85 bits per heavy atom. The van der Waals surface area contributed by atoms with Crippen molar-refractivity contribution in [2.24, 2.45) is 5.73 Å². The zero-order chi connectivity index (χ0) is 19.0. The number of hydrogen-bond acceptors (Lipinski definition) is 3. The van der Waals surface area contributed by atoms with E-state index in [0.29, 0.717) is 32.2 Å². The number of hydrogen-bond donors (Lipinski definition) is 1. The summed E-state index contributed by atoms with van der Waals surface area (Å²) in [6, 6.07) is 0.463. The number of carbonyl (C=O) groups is 2. The quantitative estimate of drug-likeness (QED) is 0.768. The predicted molar refractivity (Wildman–Crippen MR) is 95.0 cm³/mol. The fraction of sp³-hybridized carbons (Fsp3) is 0.529. The number of amides is 3. The van der Waals surface area contributed by atoms with E-state index in [4.69, 9.17) is 5.73 Å². The van der Waals surface area contributed by atoms with Crippen LogP contribution >= 0.6 is 12.4 Å². The van der Waals surface area contributed by atoms with E-state index in [1.165, 1.54) is 0 Å². The second-order valence-electron chi connectivity index (χ2n) is 6.88. The Kier molecular flexibility index (Phi) is 6.59. The minimum absolute atomic E-state index is 0. The fourth-order valence-electron chi connectivity index (χ4n) is 3.53. The second-order valence-corrected chi connectivity index (χ2v) is 6.88. The van der Waals surface area contributed by atoms with Gasteiger partial charge in [0.15, 0.2) is 11.6 Å². The van der Waals surface area contributed by atoms with Gasteiger partial charge in [0.25, 0.3) is 0 Å². The first-order valence-corrected chi connectivity index (χ1v) is 8.44. The van der Waals surface area contributed by atoms with Crippen LogP contribution in [0.1, 0.15) is 12.0 Å². The maximum Gasteiger partial charge on any atom is 0.320 e. The Bertz CT molecular complexity index is 736. The summed E-state index contributed by atoms with van der Waals surface area (Å²) in [5, 5.41) is 0. The average Bonchev–Trinajstić information content (AvgIpc) is 2.86. The number of likely N-dealkylation sites (N-methyl/N-ethyl adjacent to an activating group) is 1. The Hall–Kier alpha value is -2.00. The van der Waals surface area contributed by atoms with E-state index in [2.05, 4.69) is 0 Å². The number of carbonyl (C=O) groups excluding carboxylic acids is 2. The molecule has 2 aliphatic rings. The van der Waals surface area contributed by atoms with Crippen molar-refractivity contribution in [2.45, 2.75) is 24.9 Å². The molecule has 10 heteroatoms. The molecule has 3 amide bonds.